The van der Waals surface area contributed by atoms with Crippen LogP contribution in [0.5, 0.6) is 11.5 Å². The summed E-state index contributed by atoms with van der Waals surface area (Å²) in [6.07, 6.45) is 0.636. The molecule has 1 aliphatic heterocycles. The molecule has 1 amide bonds. The van der Waals surface area contributed by atoms with Crippen molar-refractivity contribution < 1.29 is 32.2 Å². The molecule has 0 spiro atoms. The lowest BCUT2D eigenvalue weighted by Gasteiger charge is -2.29. The van der Waals surface area contributed by atoms with Gasteiger partial charge in [-0.15, -0.1) is 13.2 Å². The number of carbonyl (C=O) groups is 2. The quantitative estimate of drug-likeness (QED) is 0.392. The number of halogens is 3. The number of nitrogens with one attached hydrogen (secondary N) is 1. The van der Waals surface area contributed by atoms with Crippen molar-refractivity contribution >= 4 is 17.9 Å². The molecule has 1 aliphatic carbocycles. The normalized spacial score (nSPS) is 20.0. The molecule has 9 heteroatoms. The molecule has 1 N–H and O–H groups in total. The third-order valence-electron chi connectivity index (χ3n) is 7.51. The molecule has 0 saturated heterocycles. The lowest BCUT2D eigenvalue weighted by atomic mass is 9.79. The Morgan fingerprint density at radius 1 is 1.16 bits per heavy atom. The van der Waals surface area contributed by atoms with Gasteiger partial charge in [0, 0.05) is 36.8 Å². The first-order valence-corrected chi connectivity index (χ1v) is 12.9. The van der Waals surface area contributed by atoms with Crippen LogP contribution in [0.2, 0.25) is 0 Å². The molecular weight excluding hydrogens is 497 g/mol. The highest BCUT2D eigenvalue weighted by Gasteiger charge is 2.34. The first kappa shape index (κ1) is 27.5. The van der Waals surface area contributed by atoms with Gasteiger partial charge in [-0.1, -0.05) is 30.8 Å². The maximum atomic E-state index is 12.5. The molecule has 4 rings (SSSR count). The highest BCUT2D eigenvalue weighted by atomic mass is 19.4. The summed E-state index contributed by atoms with van der Waals surface area (Å²) in [5.41, 5.74) is 3.72. The van der Waals surface area contributed by atoms with Gasteiger partial charge in [0.2, 0.25) is 5.91 Å². The summed E-state index contributed by atoms with van der Waals surface area (Å²) in [5, 5.41) is 2.69. The fourth-order valence-corrected chi connectivity index (χ4v) is 5.49. The maximum absolute atomic E-state index is 12.5. The number of carbonyl (C=O) groups excluding carboxylic acids is 2. The lowest BCUT2D eigenvalue weighted by Crippen LogP contribution is -2.43. The monoisotopic (exact) mass is 530 g/mol. The van der Waals surface area contributed by atoms with Crippen LogP contribution in [0.25, 0.3) is 5.70 Å². The summed E-state index contributed by atoms with van der Waals surface area (Å²) in [5.74, 6) is 1.10. The number of amides is 1. The number of nitrogens with zero attached hydrogens (tertiary/aromatic N) is 1. The fraction of sp³-hybridized carbons (Fsp3) is 0.448. The molecule has 2 aliphatic rings. The van der Waals surface area contributed by atoms with Gasteiger partial charge in [-0.25, -0.2) is 0 Å². The van der Waals surface area contributed by atoms with Crippen molar-refractivity contribution in [3.05, 3.63) is 65.7 Å². The van der Waals surface area contributed by atoms with Gasteiger partial charge in [0.05, 0.1) is 6.61 Å². The summed E-state index contributed by atoms with van der Waals surface area (Å²) in [4.78, 5) is 25.4. The molecule has 1 heterocycles. The highest BCUT2D eigenvalue weighted by Crippen LogP contribution is 2.41. The SMILES string of the molecule is C=C1c2cccc(OCC3CCC(c4ccc(OC(F)(F)F)cc4)CC3)c2CN1C(CCC=O)C(=O)NC. The molecule has 1 fully saturated rings. The Hall–Kier alpha value is -3.49. The number of alkyl halides is 3. The minimum absolute atomic E-state index is 0.150. The number of rotatable bonds is 10. The average Bonchev–Trinajstić information content (AvgIpc) is 3.24. The van der Waals surface area contributed by atoms with E-state index in [9.17, 15) is 22.8 Å². The Kier molecular flexibility index (Phi) is 8.64. The van der Waals surface area contributed by atoms with Crippen molar-refractivity contribution in [3.8, 4) is 11.5 Å². The van der Waals surface area contributed by atoms with Crippen LogP contribution in [-0.4, -0.2) is 43.2 Å². The van der Waals surface area contributed by atoms with Crippen LogP contribution in [0.1, 0.15) is 61.1 Å². The van der Waals surface area contributed by atoms with Gasteiger partial charge >= 0.3 is 6.36 Å². The Labute approximate surface area is 220 Å². The van der Waals surface area contributed by atoms with Gasteiger partial charge in [-0.05, 0) is 67.7 Å². The Bertz CT molecular complexity index is 1140. The third-order valence-corrected chi connectivity index (χ3v) is 7.51. The van der Waals surface area contributed by atoms with Gasteiger partial charge in [-0.2, -0.15) is 0 Å². The Balaban J connectivity index is 1.33. The first-order chi connectivity index (χ1) is 18.2. The van der Waals surface area contributed by atoms with E-state index < -0.39 is 12.4 Å². The molecule has 0 aromatic heterocycles. The van der Waals surface area contributed by atoms with Crippen LogP contribution >= 0.6 is 0 Å². The molecule has 6 nitrogen and oxygen atoms in total. The molecule has 2 aromatic carbocycles. The summed E-state index contributed by atoms with van der Waals surface area (Å²) >= 11 is 0. The van der Waals surface area contributed by atoms with E-state index in [2.05, 4.69) is 16.6 Å². The number of ether oxygens (including phenoxy) is 2. The Morgan fingerprint density at radius 2 is 1.87 bits per heavy atom. The molecule has 1 saturated carbocycles. The average molecular weight is 531 g/mol. The second-order valence-electron chi connectivity index (χ2n) is 9.88. The third kappa shape index (κ3) is 6.49. The number of benzene rings is 2. The number of hydrogen-bond donors (Lipinski definition) is 1. The topological polar surface area (TPSA) is 67.9 Å². The second kappa shape index (κ2) is 11.9. The predicted octanol–water partition coefficient (Wildman–Crippen LogP) is 5.82. The molecule has 0 radical (unpaired) electrons. The van der Waals surface area contributed by atoms with E-state index in [1.54, 1.807) is 19.2 Å². The van der Waals surface area contributed by atoms with Crippen LogP contribution in [-0.2, 0) is 16.1 Å². The first-order valence-electron chi connectivity index (χ1n) is 12.9. The van der Waals surface area contributed by atoms with E-state index in [0.717, 1.165) is 60.1 Å². The fourth-order valence-electron chi connectivity index (χ4n) is 5.49. The smallest absolute Gasteiger partial charge is 0.493 e. The molecule has 2 aromatic rings. The van der Waals surface area contributed by atoms with E-state index in [-0.39, 0.29) is 18.1 Å². The number of fused-ring (bicyclic) bond motifs is 1. The van der Waals surface area contributed by atoms with Gasteiger partial charge in [-0.3, -0.25) is 4.79 Å². The molecule has 0 bridgehead atoms. The van der Waals surface area contributed by atoms with E-state index in [1.165, 1.54) is 12.1 Å². The molecule has 1 atom stereocenters. The minimum atomic E-state index is -4.69. The van der Waals surface area contributed by atoms with E-state index in [0.29, 0.717) is 31.4 Å². The zero-order valence-electron chi connectivity index (χ0n) is 21.4. The van der Waals surface area contributed by atoms with Crippen LogP contribution in [0, 0.1) is 5.92 Å². The van der Waals surface area contributed by atoms with Crippen molar-refractivity contribution in [1.82, 2.24) is 10.2 Å². The standard InChI is InChI=1S/C29H33F3N2O4/c1-19-24-5-3-7-27(25(24)17-34(19)26(6-4-16-35)28(36)33-2)37-18-20-8-10-21(11-9-20)22-12-14-23(15-13-22)38-29(30,31)32/h3,5,7,12-16,20-21,26H,1,4,6,8-11,17-18H2,2H3,(H,33,36). The van der Waals surface area contributed by atoms with Crippen molar-refractivity contribution in [2.75, 3.05) is 13.7 Å². The van der Waals surface area contributed by atoms with Crippen LogP contribution in [0.3, 0.4) is 0 Å². The van der Waals surface area contributed by atoms with Crippen molar-refractivity contribution in [3.63, 3.8) is 0 Å². The van der Waals surface area contributed by atoms with Crippen molar-refractivity contribution in [2.45, 2.75) is 63.4 Å². The van der Waals surface area contributed by atoms with Crippen LogP contribution < -0.4 is 14.8 Å². The summed E-state index contributed by atoms with van der Waals surface area (Å²) < 4.78 is 47.5. The Morgan fingerprint density at radius 3 is 2.50 bits per heavy atom. The zero-order chi connectivity index (χ0) is 27.3. The molecule has 38 heavy (non-hydrogen) atoms. The number of likely N-dealkylation sites (N-methyl/N-ethyl adjacent to an activating group) is 1. The van der Waals surface area contributed by atoms with Crippen LogP contribution in [0.15, 0.2) is 49.0 Å². The van der Waals surface area contributed by atoms with Crippen molar-refractivity contribution in [1.29, 1.82) is 0 Å². The van der Waals surface area contributed by atoms with E-state index in [4.69, 9.17) is 4.74 Å². The minimum Gasteiger partial charge on any atom is -0.493 e. The van der Waals surface area contributed by atoms with Gasteiger partial charge in [0.25, 0.3) is 0 Å². The largest absolute Gasteiger partial charge is 0.573 e. The van der Waals surface area contributed by atoms with Gasteiger partial charge < -0.3 is 24.5 Å². The molecular formula is C29H33F3N2O4. The summed E-state index contributed by atoms with van der Waals surface area (Å²) in [6, 6.07) is 11.5. The van der Waals surface area contributed by atoms with Crippen molar-refractivity contribution in [2.24, 2.45) is 5.92 Å². The van der Waals surface area contributed by atoms with E-state index in [1.807, 2.05) is 23.1 Å². The maximum Gasteiger partial charge on any atom is 0.573 e. The number of hydrogen-bond acceptors (Lipinski definition) is 5. The zero-order valence-corrected chi connectivity index (χ0v) is 21.4. The van der Waals surface area contributed by atoms with Gasteiger partial charge in [0.15, 0.2) is 0 Å². The number of aldehydes is 1. The van der Waals surface area contributed by atoms with Crippen LogP contribution in [0.4, 0.5) is 13.2 Å². The molecule has 1 unspecified atom stereocenters. The summed E-state index contributed by atoms with van der Waals surface area (Å²) in [6.45, 7) is 5.27. The predicted molar refractivity (Wildman–Crippen MR) is 137 cm³/mol. The summed E-state index contributed by atoms with van der Waals surface area (Å²) in [7, 11) is 1.59. The molecule has 204 valence electrons. The lowest BCUT2D eigenvalue weighted by molar-refractivity contribution is -0.274. The second-order valence-corrected chi connectivity index (χ2v) is 9.88. The highest BCUT2D eigenvalue weighted by molar-refractivity contribution is 5.85. The van der Waals surface area contributed by atoms with E-state index >= 15 is 0 Å². The van der Waals surface area contributed by atoms with Gasteiger partial charge in [0.1, 0.15) is 23.8 Å².